The molecule has 2 atom stereocenters. The molecule has 2 rings (SSSR count). The van der Waals surface area contributed by atoms with E-state index >= 15 is 0 Å². The monoisotopic (exact) mass is 281 g/mol. The molecule has 0 bridgehead atoms. The van der Waals surface area contributed by atoms with Crippen molar-refractivity contribution in [3.05, 3.63) is 0 Å². The van der Waals surface area contributed by atoms with Crippen LogP contribution in [0.1, 0.15) is 85.0 Å². The zero-order valence-corrected chi connectivity index (χ0v) is 13.8. The molecular weight excluding hydrogens is 246 g/mol. The number of nitrogens with one attached hydrogen (secondary N) is 1. The van der Waals surface area contributed by atoms with Gasteiger partial charge in [-0.1, -0.05) is 46.5 Å². The average molecular weight is 281 g/mol. The van der Waals surface area contributed by atoms with E-state index in [0.29, 0.717) is 17.5 Å². The minimum absolute atomic E-state index is 0.109. The van der Waals surface area contributed by atoms with Crippen molar-refractivity contribution in [1.82, 2.24) is 5.32 Å². The van der Waals surface area contributed by atoms with E-state index in [2.05, 4.69) is 26.1 Å². The highest BCUT2D eigenvalue weighted by atomic mass is 16.3. The van der Waals surface area contributed by atoms with Crippen LogP contribution in [0, 0.1) is 11.3 Å². The van der Waals surface area contributed by atoms with Gasteiger partial charge in [-0.25, -0.2) is 0 Å². The Morgan fingerprint density at radius 2 is 1.60 bits per heavy atom. The summed E-state index contributed by atoms with van der Waals surface area (Å²) in [7, 11) is 0. The Morgan fingerprint density at radius 1 is 0.950 bits per heavy atom. The fraction of sp³-hybridized carbons (Fsp3) is 1.00. The predicted octanol–water partition coefficient (Wildman–Crippen LogP) is 4.26. The van der Waals surface area contributed by atoms with Gasteiger partial charge < -0.3 is 10.4 Å². The Bertz CT molecular complexity index is 281. The van der Waals surface area contributed by atoms with Crippen molar-refractivity contribution in [3.8, 4) is 0 Å². The fourth-order valence-corrected chi connectivity index (χ4v) is 4.12. The van der Waals surface area contributed by atoms with Crippen molar-refractivity contribution in [3.63, 3.8) is 0 Å². The van der Waals surface area contributed by atoms with Gasteiger partial charge in [-0.3, -0.25) is 0 Å². The molecule has 0 radical (unpaired) electrons. The molecule has 0 aromatic rings. The Balaban J connectivity index is 1.79. The van der Waals surface area contributed by atoms with E-state index in [1.807, 2.05) is 0 Å². The van der Waals surface area contributed by atoms with Gasteiger partial charge in [0.2, 0.25) is 0 Å². The third-order valence-corrected chi connectivity index (χ3v) is 6.17. The van der Waals surface area contributed by atoms with Gasteiger partial charge in [-0.15, -0.1) is 0 Å². The number of hydrogen-bond acceptors (Lipinski definition) is 2. The van der Waals surface area contributed by atoms with Crippen molar-refractivity contribution in [1.29, 1.82) is 0 Å². The van der Waals surface area contributed by atoms with Crippen molar-refractivity contribution in [2.75, 3.05) is 0 Å². The predicted molar refractivity (Wildman–Crippen MR) is 85.8 cm³/mol. The third-order valence-electron chi connectivity index (χ3n) is 6.17. The zero-order chi connectivity index (χ0) is 14.6. The molecule has 2 aliphatic rings. The highest BCUT2D eigenvalue weighted by Crippen LogP contribution is 2.40. The van der Waals surface area contributed by atoms with Gasteiger partial charge in [0.1, 0.15) is 0 Å². The van der Waals surface area contributed by atoms with Crippen LogP contribution in [0.2, 0.25) is 0 Å². The summed E-state index contributed by atoms with van der Waals surface area (Å²) in [6.45, 7) is 7.19. The molecule has 2 aliphatic carbocycles. The van der Waals surface area contributed by atoms with Gasteiger partial charge in [0, 0.05) is 12.1 Å². The van der Waals surface area contributed by atoms with Crippen molar-refractivity contribution >= 4 is 0 Å². The highest BCUT2D eigenvalue weighted by Gasteiger charge is 2.33. The molecule has 118 valence electrons. The van der Waals surface area contributed by atoms with Crippen molar-refractivity contribution < 1.29 is 5.11 Å². The van der Waals surface area contributed by atoms with Gasteiger partial charge in [0.05, 0.1) is 6.10 Å². The Morgan fingerprint density at radius 3 is 2.25 bits per heavy atom. The second kappa shape index (κ2) is 7.26. The maximum atomic E-state index is 10.2. The molecule has 0 aromatic carbocycles. The molecule has 0 aliphatic heterocycles. The lowest BCUT2D eigenvalue weighted by molar-refractivity contribution is 0.0939. The molecule has 2 fully saturated rings. The average Bonchev–Trinajstić information content (AvgIpc) is 2.65. The molecule has 0 saturated heterocycles. The van der Waals surface area contributed by atoms with Crippen LogP contribution in [-0.2, 0) is 0 Å². The van der Waals surface area contributed by atoms with Crippen LogP contribution in [0.15, 0.2) is 0 Å². The second-order valence-corrected chi connectivity index (χ2v) is 7.87. The molecule has 2 nitrogen and oxygen atoms in total. The SMILES string of the molecule is CCC(C)(C)C1CCC(NC2CCCCCC2O)CC1. The molecule has 0 heterocycles. The van der Waals surface area contributed by atoms with E-state index in [9.17, 15) is 5.11 Å². The summed E-state index contributed by atoms with van der Waals surface area (Å²) in [5.74, 6) is 0.893. The van der Waals surface area contributed by atoms with E-state index < -0.39 is 0 Å². The Labute approximate surface area is 125 Å². The third kappa shape index (κ3) is 4.21. The summed E-state index contributed by atoms with van der Waals surface area (Å²) < 4.78 is 0. The molecule has 2 unspecified atom stereocenters. The largest absolute Gasteiger partial charge is 0.392 e. The number of aliphatic hydroxyl groups excluding tert-OH is 1. The summed E-state index contributed by atoms with van der Waals surface area (Å²) in [6.07, 6.45) is 12.5. The second-order valence-electron chi connectivity index (χ2n) is 7.87. The minimum atomic E-state index is -0.109. The van der Waals surface area contributed by atoms with Crippen molar-refractivity contribution in [2.24, 2.45) is 11.3 Å². The lowest BCUT2D eigenvalue weighted by atomic mass is 9.69. The lowest BCUT2D eigenvalue weighted by Crippen LogP contribution is -2.47. The molecule has 0 amide bonds. The molecule has 2 N–H and O–H groups in total. The highest BCUT2D eigenvalue weighted by molar-refractivity contribution is 4.88. The van der Waals surface area contributed by atoms with E-state index in [1.54, 1.807) is 0 Å². The van der Waals surface area contributed by atoms with E-state index in [-0.39, 0.29) is 6.10 Å². The molecule has 2 saturated carbocycles. The maximum absolute atomic E-state index is 10.2. The van der Waals surface area contributed by atoms with Crippen LogP contribution in [0.25, 0.3) is 0 Å². The molecule has 0 aromatic heterocycles. The lowest BCUT2D eigenvalue weighted by Gasteiger charge is -2.40. The first kappa shape index (κ1) is 16.3. The van der Waals surface area contributed by atoms with Gasteiger partial charge in [-0.05, 0) is 49.9 Å². The van der Waals surface area contributed by atoms with Crippen LogP contribution >= 0.6 is 0 Å². The normalized spacial score (nSPS) is 36.6. The van der Waals surface area contributed by atoms with Crippen LogP contribution in [0.3, 0.4) is 0 Å². The Kier molecular flexibility index (Phi) is 5.92. The van der Waals surface area contributed by atoms with Crippen LogP contribution in [0.4, 0.5) is 0 Å². The first-order valence-electron chi connectivity index (χ1n) is 8.97. The quantitative estimate of drug-likeness (QED) is 0.754. The zero-order valence-electron chi connectivity index (χ0n) is 13.8. The van der Waals surface area contributed by atoms with E-state index in [4.69, 9.17) is 0 Å². The topological polar surface area (TPSA) is 32.3 Å². The summed E-state index contributed by atoms with van der Waals surface area (Å²) in [6, 6.07) is 1.01. The summed E-state index contributed by atoms with van der Waals surface area (Å²) in [5.41, 5.74) is 0.507. The van der Waals surface area contributed by atoms with E-state index in [1.165, 1.54) is 57.8 Å². The molecule has 20 heavy (non-hydrogen) atoms. The number of hydrogen-bond donors (Lipinski definition) is 2. The van der Waals surface area contributed by atoms with Crippen LogP contribution in [0.5, 0.6) is 0 Å². The smallest absolute Gasteiger partial charge is 0.0693 e. The first-order chi connectivity index (χ1) is 9.53. The van der Waals surface area contributed by atoms with Gasteiger partial charge in [0.15, 0.2) is 0 Å². The summed E-state index contributed by atoms with van der Waals surface area (Å²) in [4.78, 5) is 0. The van der Waals surface area contributed by atoms with Crippen LogP contribution < -0.4 is 5.32 Å². The maximum Gasteiger partial charge on any atom is 0.0693 e. The standard InChI is InChI=1S/C18H35NO/c1-4-18(2,3)14-10-12-15(13-11-14)19-16-8-6-5-7-9-17(16)20/h14-17,19-20H,4-13H2,1-3H3. The first-order valence-corrected chi connectivity index (χ1v) is 8.97. The minimum Gasteiger partial charge on any atom is -0.392 e. The fourth-order valence-electron chi connectivity index (χ4n) is 4.12. The molecular formula is C18H35NO. The molecule has 2 heteroatoms. The Hall–Kier alpha value is -0.0800. The van der Waals surface area contributed by atoms with Crippen molar-refractivity contribution in [2.45, 2.75) is 103 Å². The summed E-state index contributed by atoms with van der Waals surface area (Å²) >= 11 is 0. The van der Waals surface area contributed by atoms with Gasteiger partial charge >= 0.3 is 0 Å². The summed E-state index contributed by atoms with van der Waals surface area (Å²) in [5, 5.41) is 14.0. The van der Waals surface area contributed by atoms with Gasteiger partial charge in [0.25, 0.3) is 0 Å². The number of rotatable bonds is 4. The molecule has 0 spiro atoms. The van der Waals surface area contributed by atoms with Crippen LogP contribution in [-0.4, -0.2) is 23.3 Å². The van der Waals surface area contributed by atoms with E-state index in [0.717, 1.165) is 12.3 Å². The number of aliphatic hydroxyl groups is 1. The van der Waals surface area contributed by atoms with Gasteiger partial charge in [-0.2, -0.15) is 0 Å².